The average Bonchev–Trinajstić information content (AvgIpc) is 3.09. The molecule has 0 bridgehead atoms. The molecule has 0 unspecified atom stereocenters. The third-order valence-corrected chi connectivity index (χ3v) is 3.48. The second kappa shape index (κ2) is 4.31. The van der Waals surface area contributed by atoms with E-state index in [2.05, 4.69) is 25.1 Å². The first kappa shape index (κ1) is 11.9. The number of para-hydroxylation sites is 1. The molecule has 0 fully saturated rings. The van der Waals surface area contributed by atoms with Crippen LogP contribution in [0.15, 0.2) is 36.4 Å². The minimum absolute atomic E-state index is 0.697. The summed E-state index contributed by atoms with van der Waals surface area (Å²) in [5.74, 6) is 1.61. The fourth-order valence-corrected chi connectivity index (χ4v) is 2.39. The molecule has 3 aromatic heterocycles. The number of aromatic amines is 2. The molecule has 0 aliphatic heterocycles. The van der Waals surface area contributed by atoms with Crippen molar-refractivity contribution in [2.24, 2.45) is 0 Å². The van der Waals surface area contributed by atoms with Gasteiger partial charge in [-0.1, -0.05) is 18.2 Å². The van der Waals surface area contributed by atoms with Crippen molar-refractivity contribution in [2.45, 2.75) is 0 Å². The molecule has 0 saturated heterocycles. The van der Waals surface area contributed by atoms with Crippen LogP contribution in [0.5, 0.6) is 0 Å². The van der Waals surface area contributed by atoms with Gasteiger partial charge in [0, 0.05) is 19.5 Å². The van der Waals surface area contributed by atoms with Crippen LogP contribution >= 0.6 is 0 Å². The van der Waals surface area contributed by atoms with Gasteiger partial charge < -0.3 is 9.88 Å². The lowest BCUT2D eigenvalue weighted by Gasteiger charge is -2.09. The Morgan fingerprint density at radius 3 is 2.67 bits per heavy atom. The van der Waals surface area contributed by atoms with Crippen LogP contribution in [0.1, 0.15) is 0 Å². The predicted octanol–water partition coefficient (Wildman–Crippen LogP) is 2.57. The molecule has 6 heteroatoms. The van der Waals surface area contributed by atoms with Gasteiger partial charge in [0.2, 0.25) is 0 Å². The van der Waals surface area contributed by atoms with Gasteiger partial charge in [0.25, 0.3) is 0 Å². The van der Waals surface area contributed by atoms with Crippen LogP contribution in [0, 0.1) is 0 Å². The van der Waals surface area contributed by atoms with Gasteiger partial charge in [-0.25, -0.2) is 9.97 Å². The van der Waals surface area contributed by atoms with Crippen LogP contribution in [0.25, 0.3) is 33.6 Å². The summed E-state index contributed by atoms with van der Waals surface area (Å²) in [6.07, 6.45) is 0. The smallest absolute Gasteiger partial charge is 0.180 e. The Labute approximate surface area is 120 Å². The zero-order valence-corrected chi connectivity index (χ0v) is 11.8. The molecule has 2 N–H and O–H groups in total. The molecular formula is C15H14N6. The average molecular weight is 278 g/mol. The number of rotatable bonds is 2. The highest BCUT2D eigenvalue weighted by atomic mass is 15.2. The Hall–Kier alpha value is -2.89. The summed E-state index contributed by atoms with van der Waals surface area (Å²) in [5, 5.41) is 8.43. The van der Waals surface area contributed by atoms with Crippen LogP contribution in [0.2, 0.25) is 0 Å². The van der Waals surface area contributed by atoms with Gasteiger partial charge in [-0.2, -0.15) is 5.10 Å². The number of imidazole rings is 1. The number of anilines is 1. The van der Waals surface area contributed by atoms with E-state index >= 15 is 0 Å². The lowest BCUT2D eigenvalue weighted by molar-refractivity contribution is 1.08. The number of hydrogen-bond donors (Lipinski definition) is 2. The molecule has 21 heavy (non-hydrogen) atoms. The highest BCUT2D eigenvalue weighted by Gasteiger charge is 2.13. The van der Waals surface area contributed by atoms with Crippen molar-refractivity contribution >= 4 is 27.9 Å². The van der Waals surface area contributed by atoms with Crippen LogP contribution in [0.4, 0.5) is 5.82 Å². The van der Waals surface area contributed by atoms with Gasteiger partial charge >= 0.3 is 0 Å². The molecule has 6 nitrogen and oxygen atoms in total. The van der Waals surface area contributed by atoms with Crippen molar-refractivity contribution in [1.29, 1.82) is 0 Å². The molecule has 0 aliphatic rings. The molecule has 0 atom stereocenters. The number of nitrogens with zero attached hydrogens (tertiary/aromatic N) is 4. The predicted molar refractivity (Wildman–Crippen MR) is 83.3 cm³/mol. The normalized spacial score (nSPS) is 11.3. The summed E-state index contributed by atoms with van der Waals surface area (Å²) in [6, 6.07) is 12.0. The van der Waals surface area contributed by atoms with Crippen molar-refractivity contribution in [3.63, 3.8) is 0 Å². The molecule has 0 aliphatic carbocycles. The van der Waals surface area contributed by atoms with Gasteiger partial charge in [0.15, 0.2) is 11.5 Å². The topological polar surface area (TPSA) is 73.5 Å². The molecule has 4 aromatic rings. The number of aromatic nitrogens is 5. The fourth-order valence-electron chi connectivity index (χ4n) is 2.39. The number of nitrogens with one attached hydrogen (secondary N) is 2. The van der Waals surface area contributed by atoms with E-state index in [1.807, 2.05) is 55.4 Å². The zero-order valence-electron chi connectivity index (χ0n) is 11.8. The van der Waals surface area contributed by atoms with Crippen molar-refractivity contribution in [2.75, 3.05) is 19.0 Å². The molecule has 0 amide bonds. The number of hydrogen-bond acceptors (Lipinski definition) is 4. The monoisotopic (exact) mass is 278 g/mol. The lowest BCUT2D eigenvalue weighted by Crippen LogP contribution is -2.10. The second-order valence-electron chi connectivity index (χ2n) is 5.14. The van der Waals surface area contributed by atoms with E-state index < -0.39 is 0 Å². The third kappa shape index (κ3) is 1.84. The number of fused-ring (bicyclic) bond motifs is 2. The number of benzene rings is 1. The first-order valence-electron chi connectivity index (χ1n) is 6.70. The molecule has 4 rings (SSSR count). The highest BCUT2D eigenvalue weighted by molar-refractivity contribution is 5.92. The molecule has 104 valence electrons. The molecule has 0 radical (unpaired) electrons. The maximum atomic E-state index is 4.57. The van der Waals surface area contributed by atoms with Crippen LogP contribution in [0.3, 0.4) is 0 Å². The molecule has 3 heterocycles. The Kier molecular flexibility index (Phi) is 2.44. The van der Waals surface area contributed by atoms with Crippen LogP contribution in [-0.2, 0) is 0 Å². The quantitative estimate of drug-likeness (QED) is 0.591. The van der Waals surface area contributed by atoms with E-state index in [0.29, 0.717) is 5.65 Å². The largest absolute Gasteiger partial charge is 0.363 e. The first-order valence-corrected chi connectivity index (χ1v) is 6.70. The minimum Gasteiger partial charge on any atom is -0.363 e. The van der Waals surface area contributed by atoms with Gasteiger partial charge in [0.1, 0.15) is 11.5 Å². The number of H-pyrrole nitrogens is 2. The molecule has 1 aromatic carbocycles. The SMILES string of the molecule is CN(C)c1ccc2[nH]c(-c3n[nH]c4ccccc34)nc2n1. The minimum atomic E-state index is 0.697. The maximum absolute atomic E-state index is 4.57. The van der Waals surface area contributed by atoms with Gasteiger partial charge in [-0.3, -0.25) is 5.10 Å². The van der Waals surface area contributed by atoms with Crippen molar-refractivity contribution in [1.82, 2.24) is 25.1 Å². The van der Waals surface area contributed by atoms with E-state index in [0.717, 1.165) is 33.8 Å². The van der Waals surface area contributed by atoms with E-state index in [1.54, 1.807) is 0 Å². The molecular weight excluding hydrogens is 264 g/mol. The van der Waals surface area contributed by atoms with E-state index in [1.165, 1.54) is 0 Å². The summed E-state index contributed by atoms with van der Waals surface area (Å²) in [5.41, 5.74) is 3.41. The summed E-state index contributed by atoms with van der Waals surface area (Å²) in [4.78, 5) is 14.3. The molecule has 0 saturated carbocycles. The standard InChI is InChI=1S/C15H14N6/c1-21(2)12-8-7-11-14(17-12)18-15(16-11)13-9-5-3-4-6-10(9)19-20-13/h3-8H,1-2H3,(H,19,20)(H,16,17,18). The highest BCUT2D eigenvalue weighted by Crippen LogP contribution is 2.25. The van der Waals surface area contributed by atoms with Crippen molar-refractivity contribution in [3.05, 3.63) is 36.4 Å². The Morgan fingerprint density at radius 1 is 0.952 bits per heavy atom. The van der Waals surface area contributed by atoms with Crippen LogP contribution < -0.4 is 4.90 Å². The lowest BCUT2D eigenvalue weighted by atomic mass is 10.2. The van der Waals surface area contributed by atoms with Gasteiger partial charge in [0.05, 0.1) is 11.0 Å². The Morgan fingerprint density at radius 2 is 1.81 bits per heavy atom. The summed E-state index contributed by atoms with van der Waals surface area (Å²) >= 11 is 0. The van der Waals surface area contributed by atoms with Crippen molar-refractivity contribution < 1.29 is 0 Å². The third-order valence-electron chi connectivity index (χ3n) is 3.48. The van der Waals surface area contributed by atoms with E-state index in [4.69, 9.17) is 0 Å². The Bertz CT molecular complexity index is 934. The summed E-state index contributed by atoms with van der Waals surface area (Å²) < 4.78 is 0. The fraction of sp³-hybridized carbons (Fsp3) is 0.133. The number of pyridine rings is 1. The second-order valence-corrected chi connectivity index (χ2v) is 5.14. The van der Waals surface area contributed by atoms with Gasteiger partial charge in [-0.05, 0) is 18.2 Å². The Balaban J connectivity index is 1.90. The van der Waals surface area contributed by atoms with Gasteiger partial charge in [-0.15, -0.1) is 0 Å². The maximum Gasteiger partial charge on any atom is 0.180 e. The zero-order chi connectivity index (χ0) is 14.4. The first-order chi connectivity index (χ1) is 10.2. The van der Waals surface area contributed by atoms with Crippen LogP contribution in [-0.4, -0.2) is 39.2 Å². The molecule has 0 spiro atoms. The van der Waals surface area contributed by atoms with E-state index in [9.17, 15) is 0 Å². The van der Waals surface area contributed by atoms with E-state index in [-0.39, 0.29) is 0 Å². The summed E-state index contributed by atoms with van der Waals surface area (Å²) in [7, 11) is 3.92. The van der Waals surface area contributed by atoms with Crippen molar-refractivity contribution in [3.8, 4) is 11.5 Å². The summed E-state index contributed by atoms with van der Waals surface area (Å²) in [6.45, 7) is 0.